The molecular weight excluding hydrogens is 392 g/mol. The SMILES string of the molecule is Nc1c(NNC(=O)C(c2ccccc2)c2ccccc2)ncnc1Oc1cccnc1. The van der Waals surface area contributed by atoms with Gasteiger partial charge in [0.2, 0.25) is 11.8 Å². The van der Waals surface area contributed by atoms with E-state index < -0.39 is 5.92 Å². The van der Waals surface area contributed by atoms with Gasteiger partial charge in [-0.2, -0.15) is 4.98 Å². The van der Waals surface area contributed by atoms with E-state index in [9.17, 15) is 4.79 Å². The molecule has 0 aliphatic rings. The summed E-state index contributed by atoms with van der Waals surface area (Å²) in [5.74, 6) is 0.0925. The van der Waals surface area contributed by atoms with Crippen molar-refractivity contribution in [2.45, 2.75) is 5.92 Å². The summed E-state index contributed by atoms with van der Waals surface area (Å²) in [4.78, 5) is 25.2. The summed E-state index contributed by atoms with van der Waals surface area (Å²) in [6.07, 6.45) is 4.47. The number of anilines is 2. The van der Waals surface area contributed by atoms with Crippen LogP contribution in [0.5, 0.6) is 11.6 Å². The lowest BCUT2D eigenvalue weighted by atomic mass is 9.91. The molecule has 0 atom stereocenters. The van der Waals surface area contributed by atoms with E-state index in [1.54, 1.807) is 24.5 Å². The van der Waals surface area contributed by atoms with Crippen LogP contribution in [0.2, 0.25) is 0 Å². The molecule has 2 aromatic carbocycles. The van der Waals surface area contributed by atoms with E-state index >= 15 is 0 Å². The highest BCUT2D eigenvalue weighted by molar-refractivity contribution is 5.88. The van der Waals surface area contributed by atoms with Crippen LogP contribution in [-0.2, 0) is 4.79 Å². The molecule has 0 aliphatic carbocycles. The minimum atomic E-state index is -0.510. The zero-order valence-electron chi connectivity index (χ0n) is 16.5. The van der Waals surface area contributed by atoms with Crippen LogP contribution in [0.15, 0.2) is 91.5 Å². The monoisotopic (exact) mass is 412 g/mol. The highest BCUT2D eigenvalue weighted by Crippen LogP contribution is 2.29. The quantitative estimate of drug-likeness (QED) is 0.398. The summed E-state index contributed by atoms with van der Waals surface area (Å²) in [6.45, 7) is 0. The molecule has 8 nitrogen and oxygen atoms in total. The van der Waals surface area contributed by atoms with Crippen LogP contribution in [0.3, 0.4) is 0 Å². The average Bonchev–Trinajstić information content (AvgIpc) is 2.82. The number of hydrazine groups is 1. The molecule has 0 radical (unpaired) electrons. The second-order valence-electron chi connectivity index (χ2n) is 6.60. The van der Waals surface area contributed by atoms with Crippen LogP contribution in [0.25, 0.3) is 0 Å². The molecule has 0 fully saturated rings. The molecule has 0 bridgehead atoms. The van der Waals surface area contributed by atoms with Crippen molar-refractivity contribution in [3.05, 3.63) is 103 Å². The van der Waals surface area contributed by atoms with E-state index in [4.69, 9.17) is 10.5 Å². The zero-order valence-corrected chi connectivity index (χ0v) is 16.5. The van der Waals surface area contributed by atoms with E-state index in [0.717, 1.165) is 11.1 Å². The van der Waals surface area contributed by atoms with Gasteiger partial charge in [-0.25, -0.2) is 4.98 Å². The van der Waals surface area contributed by atoms with E-state index in [1.807, 2.05) is 60.7 Å². The van der Waals surface area contributed by atoms with Crippen molar-refractivity contribution in [1.82, 2.24) is 20.4 Å². The van der Waals surface area contributed by atoms with Crippen molar-refractivity contribution in [3.63, 3.8) is 0 Å². The first-order valence-corrected chi connectivity index (χ1v) is 9.56. The van der Waals surface area contributed by atoms with Gasteiger partial charge in [0.05, 0.1) is 12.1 Å². The average molecular weight is 412 g/mol. The van der Waals surface area contributed by atoms with Gasteiger partial charge >= 0.3 is 0 Å². The van der Waals surface area contributed by atoms with Crippen molar-refractivity contribution in [3.8, 4) is 11.6 Å². The Hall–Kier alpha value is -4.46. The van der Waals surface area contributed by atoms with Crippen LogP contribution in [-0.4, -0.2) is 20.9 Å². The molecule has 2 heterocycles. The first-order chi connectivity index (χ1) is 15.2. The Balaban J connectivity index is 1.52. The molecule has 0 unspecified atom stereocenters. The summed E-state index contributed by atoms with van der Waals surface area (Å²) >= 11 is 0. The maximum atomic E-state index is 13.1. The molecular formula is C23H20N6O2. The number of nitrogens with zero attached hydrogens (tertiary/aromatic N) is 3. The van der Waals surface area contributed by atoms with Gasteiger partial charge in [0.1, 0.15) is 17.8 Å². The number of nitrogens with one attached hydrogen (secondary N) is 2. The smallest absolute Gasteiger partial charge is 0.250 e. The van der Waals surface area contributed by atoms with Crippen LogP contribution in [0.1, 0.15) is 17.0 Å². The van der Waals surface area contributed by atoms with Crippen LogP contribution in [0.4, 0.5) is 11.5 Å². The lowest BCUT2D eigenvalue weighted by molar-refractivity contribution is -0.121. The first kappa shape index (κ1) is 19.8. The lowest BCUT2D eigenvalue weighted by Gasteiger charge is -2.19. The molecule has 0 saturated carbocycles. The van der Waals surface area contributed by atoms with E-state index in [-0.39, 0.29) is 23.3 Å². The number of aromatic nitrogens is 3. The lowest BCUT2D eigenvalue weighted by Crippen LogP contribution is -2.35. The van der Waals surface area contributed by atoms with Gasteiger partial charge in [0, 0.05) is 6.20 Å². The number of rotatable bonds is 7. The van der Waals surface area contributed by atoms with Crippen molar-refractivity contribution in [1.29, 1.82) is 0 Å². The predicted octanol–water partition coefficient (Wildman–Crippen LogP) is 3.52. The maximum absolute atomic E-state index is 13.1. The number of amides is 1. The van der Waals surface area contributed by atoms with Crippen LogP contribution >= 0.6 is 0 Å². The van der Waals surface area contributed by atoms with E-state index in [0.29, 0.717) is 5.75 Å². The molecule has 0 aliphatic heterocycles. The molecule has 4 N–H and O–H groups in total. The Kier molecular flexibility index (Phi) is 5.99. The van der Waals surface area contributed by atoms with Gasteiger partial charge in [0.15, 0.2) is 5.82 Å². The summed E-state index contributed by atoms with van der Waals surface area (Å²) in [6, 6.07) is 22.5. The van der Waals surface area contributed by atoms with Gasteiger partial charge in [-0.3, -0.25) is 20.6 Å². The second kappa shape index (κ2) is 9.36. The Morgan fingerprint density at radius 2 is 1.58 bits per heavy atom. The fourth-order valence-electron chi connectivity index (χ4n) is 3.06. The number of carbonyl (C=O) groups is 1. The van der Waals surface area contributed by atoms with Gasteiger partial charge in [-0.15, -0.1) is 0 Å². The minimum absolute atomic E-state index is 0.155. The number of nitrogens with two attached hydrogens (primary N) is 1. The van der Waals surface area contributed by atoms with Gasteiger partial charge in [-0.05, 0) is 23.3 Å². The Morgan fingerprint density at radius 3 is 2.19 bits per heavy atom. The minimum Gasteiger partial charge on any atom is -0.435 e. The van der Waals surface area contributed by atoms with Gasteiger partial charge < -0.3 is 10.5 Å². The second-order valence-corrected chi connectivity index (χ2v) is 6.60. The summed E-state index contributed by atoms with van der Waals surface area (Å²) in [5.41, 5.74) is 13.5. The van der Waals surface area contributed by atoms with Crippen LogP contribution < -0.4 is 21.3 Å². The fraction of sp³-hybridized carbons (Fsp3) is 0.0435. The number of carbonyl (C=O) groups excluding carboxylic acids is 1. The normalized spacial score (nSPS) is 10.5. The third-order valence-corrected chi connectivity index (χ3v) is 4.53. The van der Waals surface area contributed by atoms with Crippen LogP contribution in [0, 0.1) is 0 Å². The Morgan fingerprint density at radius 1 is 0.903 bits per heavy atom. The van der Waals surface area contributed by atoms with Gasteiger partial charge in [-0.1, -0.05) is 60.7 Å². The highest BCUT2D eigenvalue weighted by atomic mass is 16.5. The molecule has 0 spiro atoms. The summed E-state index contributed by atoms with van der Waals surface area (Å²) in [5, 5.41) is 0. The number of benzene rings is 2. The summed E-state index contributed by atoms with van der Waals surface area (Å²) < 4.78 is 5.65. The van der Waals surface area contributed by atoms with E-state index in [2.05, 4.69) is 25.8 Å². The third-order valence-electron chi connectivity index (χ3n) is 4.53. The Labute approximate surface area is 179 Å². The van der Waals surface area contributed by atoms with E-state index in [1.165, 1.54) is 6.33 Å². The number of pyridine rings is 1. The fourth-order valence-corrected chi connectivity index (χ4v) is 3.06. The number of hydrogen-bond acceptors (Lipinski definition) is 7. The van der Waals surface area contributed by atoms with Gasteiger partial charge in [0.25, 0.3) is 0 Å². The molecule has 8 heteroatoms. The predicted molar refractivity (Wildman–Crippen MR) is 117 cm³/mol. The molecule has 4 aromatic rings. The molecule has 1 amide bonds. The Bertz CT molecular complexity index is 1100. The molecule has 2 aromatic heterocycles. The van der Waals surface area contributed by atoms with Crippen molar-refractivity contribution in [2.24, 2.45) is 0 Å². The highest BCUT2D eigenvalue weighted by Gasteiger charge is 2.23. The topological polar surface area (TPSA) is 115 Å². The largest absolute Gasteiger partial charge is 0.435 e. The molecule has 0 saturated heterocycles. The van der Waals surface area contributed by atoms with Crippen molar-refractivity contribution in [2.75, 3.05) is 11.2 Å². The third kappa shape index (κ3) is 4.76. The zero-order chi connectivity index (χ0) is 21.5. The number of ether oxygens (including phenoxy) is 1. The number of hydrogen-bond donors (Lipinski definition) is 3. The van der Waals surface area contributed by atoms with Crippen molar-refractivity contribution >= 4 is 17.4 Å². The number of nitrogen functional groups attached to an aromatic ring is 1. The summed E-state index contributed by atoms with van der Waals surface area (Å²) in [7, 11) is 0. The maximum Gasteiger partial charge on any atom is 0.250 e. The first-order valence-electron chi connectivity index (χ1n) is 9.56. The molecule has 154 valence electrons. The van der Waals surface area contributed by atoms with Crippen molar-refractivity contribution < 1.29 is 9.53 Å². The molecule has 4 rings (SSSR count). The standard InChI is InChI=1S/C23H20N6O2/c24-20-21(26-15-27-23(20)31-18-12-7-13-25-14-18)28-29-22(30)19(16-8-3-1-4-9-16)17-10-5-2-6-11-17/h1-15,19H,24H2,(H,29,30)(H,26,27,28). The molecule has 31 heavy (non-hydrogen) atoms.